The van der Waals surface area contributed by atoms with E-state index < -0.39 is 5.97 Å². The number of nitrogen functional groups attached to an aromatic ring is 1. The van der Waals surface area contributed by atoms with Crippen molar-refractivity contribution in [2.24, 2.45) is 0 Å². The van der Waals surface area contributed by atoms with Crippen molar-refractivity contribution in [1.29, 1.82) is 0 Å². The number of halogens is 1. The van der Waals surface area contributed by atoms with Gasteiger partial charge in [-0.05, 0) is 43.2 Å². The van der Waals surface area contributed by atoms with Gasteiger partial charge in [0, 0.05) is 16.3 Å². The first-order valence-electron chi connectivity index (χ1n) is 6.40. The molecule has 110 valence electrons. The van der Waals surface area contributed by atoms with E-state index in [0.29, 0.717) is 16.3 Å². The molecule has 0 spiro atoms. The van der Waals surface area contributed by atoms with E-state index in [1.165, 1.54) is 0 Å². The summed E-state index contributed by atoms with van der Waals surface area (Å²) in [6.45, 7) is 3.92. The number of benzene rings is 2. The Morgan fingerprint density at radius 3 is 2.48 bits per heavy atom. The second-order valence-corrected chi connectivity index (χ2v) is 5.22. The summed E-state index contributed by atoms with van der Waals surface area (Å²) in [5, 5.41) is 9.92. The first kappa shape index (κ1) is 15.2. The second-order valence-electron chi connectivity index (χ2n) is 4.85. The average Bonchev–Trinajstić information content (AvgIpc) is 2.41. The lowest BCUT2D eigenvalue weighted by atomic mass is 10.1. The first-order valence-corrected chi connectivity index (χ1v) is 6.78. The lowest BCUT2D eigenvalue weighted by Gasteiger charge is -2.12. The molecule has 2 aromatic rings. The third-order valence-corrected chi connectivity index (χ3v) is 3.80. The van der Waals surface area contributed by atoms with Gasteiger partial charge in [-0.1, -0.05) is 23.7 Å². The molecule has 0 aliphatic carbocycles. The maximum atomic E-state index is 11.3. The third kappa shape index (κ3) is 3.28. The van der Waals surface area contributed by atoms with Crippen molar-refractivity contribution in [2.75, 3.05) is 5.73 Å². The van der Waals surface area contributed by atoms with E-state index in [9.17, 15) is 9.90 Å². The van der Waals surface area contributed by atoms with E-state index in [-0.39, 0.29) is 17.9 Å². The number of hydrogen-bond acceptors (Lipinski definition) is 3. The third-order valence-electron chi connectivity index (χ3n) is 3.20. The van der Waals surface area contributed by atoms with Crippen molar-refractivity contribution < 1.29 is 14.6 Å². The van der Waals surface area contributed by atoms with Gasteiger partial charge in [-0.2, -0.15) is 0 Å². The quantitative estimate of drug-likeness (QED) is 0.842. The average molecular weight is 306 g/mol. The Bertz CT molecular complexity index is 675. The number of aromatic carboxylic acids is 1. The molecule has 0 heterocycles. The van der Waals surface area contributed by atoms with Crippen LogP contribution in [0.3, 0.4) is 0 Å². The van der Waals surface area contributed by atoms with Gasteiger partial charge in [-0.25, -0.2) is 4.79 Å². The van der Waals surface area contributed by atoms with E-state index in [2.05, 4.69) is 0 Å². The minimum absolute atomic E-state index is 0.0832. The second kappa shape index (κ2) is 6.06. The van der Waals surface area contributed by atoms with Crippen LogP contribution in [0.15, 0.2) is 30.3 Å². The molecule has 0 radical (unpaired) electrons. The number of rotatable bonds is 4. The Hall–Kier alpha value is -2.20. The maximum Gasteiger partial charge on any atom is 0.338 e. The van der Waals surface area contributed by atoms with Gasteiger partial charge in [0.15, 0.2) is 0 Å². The predicted octanol–water partition coefficient (Wildman–Crippen LogP) is 3.82. The van der Waals surface area contributed by atoms with Crippen LogP contribution < -0.4 is 10.5 Å². The minimum Gasteiger partial charge on any atom is -0.489 e. The zero-order valence-electron chi connectivity index (χ0n) is 11.8. The predicted molar refractivity (Wildman–Crippen MR) is 83.1 cm³/mol. The molecule has 21 heavy (non-hydrogen) atoms. The molecule has 3 N–H and O–H groups in total. The van der Waals surface area contributed by atoms with Crippen molar-refractivity contribution in [2.45, 2.75) is 20.5 Å². The van der Waals surface area contributed by atoms with Gasteiger partial charge in [-0.15, -0.1) is 0 Å². The van der Waals surface area contributed by atoms with Crippen LogP contribution in [0.5, 0.6) is 5.75 Å². The summed E-state index contributed by atoms with van der Waals surface area (Å²) in [5.41, 5.74) is 8.38. The lowest BCUT2D eigenvalue weighted by Crippen LogP contribution is -2.09. The molecule has 0 aliphatic heterocycles. The fraction of sp³-hybridized carbons (Fsp3) is 0.188. The van der Waals surface area contributed by atoms with Crippen LogP contribution in [0.2, 0.25) is 5.02 Å². The topological polar surface area (TPSA) is 72.5 Å². The normalized spacial score (nSPS) is 10.4. The molecule has 0 unspecified atom stereocenters. The minimum atomic E-state index is -1.06. The Balaban J connectivity index is 2.25. The van der Waals surface area contributed by atoms with Crippen LogP contribution in [0.1, 0.15) is 27.0 Å². The van der Waals surface area contributed by atoms with Crippen LogP contribution in [0.25, 0.3) is 0 Å². The molecule has 2 rings (SSSR count). The van der Waals surface area contributed by atoms with E-state index in [1.54, 1.807) is 18.2 Å². The van der Waals surface area contributed by atoms with Gasteiger partial charge in [0.05, 0.1) is 5.56 Å². The SMILES string of the molecule is Cc1cc(OCc2cccc(N)c2C(=O)O)cc(C)c1Cl. The number of carbonyl (C=O) groups is 1. The van der Waals surface area contributed by atoms with Gasteiger partial charge in [0.25, 0.3) is 0 Å². The molecule has 5 heteroatoms. The number of carboxylic acid groups (broad SMARTS) is 1. The van der Waals surface area contributed by atoms with Crippen LogP contribution in [0, 0.1) is 13.8 Å². The molecule has 0 amide bonds. The largest absolute Gasteiger partial charge is 0.489 e. The molecule has 0 aromatic heterocycles. The smallest absolute Gasteiger partial charge is 0.338 e. The Morgan fingerprint density at radius 2 is 1.90 bits per heavy atom. The summed E-state index contributed by atoms with van der Waals surface area (Å²) < 4.78 is 5.68. The van der Waals surface area contributed by atoms with Crippen molar-refractivity contribution in [1.82, 2.24) is 0 Å². The van der Waals surface area contributed by atoms with Crippen molar-refractivity contribution in [3.8, 4) is 5.75 Å². The van der Waals surface area contributed by atoms with Crippen LogP contribution in [-0.2, 0) is 6.61 Å². The summed E-state index contributed by atoms with van der Waals surface area (Å²) in [5.74, 6) is -0.414. The molecular weight excluding hydrogens is 290 g/mol. The summed E-state index contributed by atoms with van der Waals surface area (Å²) in [6, 6.07) is 8.60. The highest BCUT2D eigenvalue weighted by Crippen LogP contribution is 2.27. The highest BCUT2D eigenvalue weighted by atomic mass is 35.5. The van der Waals surface area contributed by atoms with Crippen molar-refractivity contribution >= 4 is 23.3 Å². The van der Waals surface area contributed by atoms with Crippen LogP contribution in [0.4, 0.5) is 5.69 Å². The summed E-state index contributed by atoms with van der Waals surface area (Å²) >= 11 is 6.10. The fourth-order valence-corrected chi connectivity index (χ4v) is 2.26. The standard InChI is InChI=1S/C16H16ClNO3/c1-9-6-12(7-10(2)15(9)17)21-8-11-4-3-5-13(18)14(11)16(19)20/h3-7H,8,18H2,1-2H3,(H,19,20). The fourth-order valence-electron chi connectivity index (χ4n) is 2.15. The summed E-state index contributed by atoms with van der Waals surface area (Å²) in [4.78, 5) is 11.3. The van der Waals surface area contributed by atoms with Gasteiger partial charge >= 0.3 is 5.97 Å². The molecular formula is C16H16ClNO3. The number of anilines is 1. The maximum absolute atomic E-state index is 11.3. The molecule has 0 saturated carbocycles. The van der Waals surface area contributed by atoms with E-state index in [0.717, 1.165) is 11.1 Å². The van der Waals surface area contributed by atoms with Gasteiger partial charge in [0.2, 0.25) is 0 Å². The summed E-state index contributed by atoms with van der Waals surface area (Å²) in [6.07, 6.45) is 0. The highest BCUT2D eigenvalue weighted by molar-refractivity contribution is 6.32. The first-order chi connectivity index (χ1) is 9.90. The highest BCUT2D eigenvalue weighted by Gasteiger charge is 2.14. The molecule has 0 saturated heterocycles. The monoisotopic (exact) mass is 305 g/mol. The molecule has 0 bridgehead atoms. The number of nitrogens with two attached hydrogens (primary N) is 1. The summed E-state index contributed by atoms with van der Waals surface area (Å²) in [7, 11) is 0. The van der Waals surface area contributed by atoms with Gasteiger partial charge in [0.1, 0.15) is 12.4 Å². The van der Waals surface area contributed by atoms with Gasteiger partial charge in [-0.3, -0.25) is 0 Å². The van der Waals surface area contributed by atoms with Crippen LogP contribution in [-0.4, -0.2) is 11.1 Å². The number of ether oxygens (including phenoxy) is 1. The van der Waals surface area contributed by atoms with E-state index in [1.807, 2.05) is 26.0 Å². The zero-order valence-corrected chi connectivity index (χ0v) is 12.6. The molecule has 4 nitrogen and oxygen atoms in total. The van der Waals surface area contributed by atoms with Crippen molar-refractivity contribution in [3.05, 3.63) is 57.6 Å². The van der Waals surface area contributed by atoms with E-state index in [4.69, 9.17) is 22.1 Å². The van der Waals surface area contributed by atoms with Crippen molar-refractivity contribution in [3.63, 3.8) is 0 Å². The van der Waals surface area contributed by atoms with E-state index >= 15 is 0 Å². The molecule has 0 aliphatic rings. The Labute approximate surface area is 128 Å². The zero-order chi connectivity index (χ0) is 15.6. The number of aryl methyl sites for hydroxylation is 2. The van der Waals surface area contributed by atoms with Crippen LogP contribution >= 0.6 is 11.6 Å². The molecule has 2 aromatic carbocycles. The molecule has 0 atom stereocenters. The Kier molecular flexibility index (Phi) is 4.38. The lowest BCUT2D eigenvalue weighted by molar-refractivity contribution is 0.0695. The van der Waals surface area contributed by atoms with Gasteiger partial charge < -0.3 is 15.6 Å². The molecule has 0 fully saturated rings. The number of carboxylic acids is 1. The number of hydrogen-bond donors (Lipinski definition) is 2. The Morgan fingerprint density at radius 1 is 1.29 bits per heavy atom.